The zero-order chi connectivity index (χ0) is 17.6. The van der Waals surface area contributed by atoms with Crippen molar-refractivity contribution in [2.45, 2.75) is 19.9 Å². The van der Waals surface area contributed by atoms with Gasteiger partial charge in [-0.25, -0.2) is 4.98 Å². The van der Waals surface area contributed by atoms with E-state index in [0.29, 0.717) is 0 Å². The lowest BCUT2D eigenvalue weighted by atomic mass is 10.3. The quantitative estimate of drug-likeness (QED) is 0.546. The lowest BCUT2D eigenvalue weighted by Gasteiger charge is -2.09. The maximum atomic E-state index is 12.2. The van der Waals surface area contributed by atoms with Crippen molar-refractivity contribution in [1.29, 1.82) is 0 Å². The number of aromatic nitrogens is 2. The maximum Gasteiger partial charge on any atom is 0.262 e. The van der Waals surface area contributed by atoms with Crippen LogP contribution in [0, 0.1) is 0 Å². The molecule has 0 saturated heterocycles. The van der Waals surface area contributed by atoms with Crippen LogP contribution in [-0.2, 0) is 22.6 Å². The number of hydrazine groups is 1. The van der Waals surface area contributed by atoms with Gasteiger partial charge in [0.25, 0.3) is 11.8 Å². The van der Waals surface area contributed by atoms with Gasteiger partial charge in [0.05, 0.1) is 11.0 Å². The van der Waals surface area contributed by atoms with Gasteiger partial charge in [-0.2, -0.15) is 0 Å². The number of imidazole rings is 1. The van der Waals surface area contributed by atoms with Gasteiger partial charge in [0.1, 0.15) is 12.4 Å². The summed E-state index contributed by atoms with van der Waals surface area (Å²) in [5, 5.41) is 1.93. The van der Waals surface area contributed by atoms with E-state index in [2.05, 4.69) is 15.8 Å². The molecule has 0 unspecified atom stereocenters. The molecular weight excluding hydrogens is 336 g/mol. The first-order valence-electron chi connectivity index (χ1n) is 7.92. The highest BCUT2D eigenvalue weighted by atomic mass is 32.1. The Hall–Kier alpha value is -2.93. The average molecular weight is 354 g/mol. The van der Waals surface area contributed by atoms with Crippen LogP contribution in [-0.4, -0.2) is 21.4 Å². The third-order valence-electron chi connectivity index (χ3n) is 3.62. The fourth-order valence-corrected chi connectivity index (χ4v) is 3.09. The molecule has 2 aromatic heterocycles. The Bertz CT molecular complexity index is 912. The van der Waals surface area contributed by atoms with Gasteiger partial charge in [0.2, 0.25) is 0 Å². The molecule has 2 amide bonds. The van der Waals surface area contributed by atoms with Crippen LogP contribution in [0.2, 0.25) is 0 Å². The Morgan fingerprint density at radius 3 is 2.80 bits per heavy atom. The van der Waals surface area contributed by atoms with E-state index in [1.807, 2.05) is 53.3 Å². The largest absolute Gasteiger partial charge is 0.318 e. The molecule has 0 bridgehead atoms. The van der Waals surface area contributed by atoms with Crippen molar-refractivity contribution in [3.05, 3.63) is 58.6 Å². The number of rotatable bonds is 5. The molecule has 0 aliphatic heterocycles. The molecule has 0 aliphatic rings. The summed E-state index contributed by atoms with van der Waals surface area (Å²) in [6.45, 7) is 2.09. The van der Waals surface area contributed by atoms with Gasteiger partial charge >= 0.3 is 0 Å². The number of thiophene rings is 1. The van der Waals surface area contributed by atoms with Gasteiger partial charge in [0, 0.05) is 17.4 Å². The molecular formula is C18H18N4O2S. The summed E-state index contributed by atoms with van der Waals surface area (Å²) >= 11 is 1.53. The Labute approximate surface area is 149 Å². The van der Waals surface area contributed by atoms with Crippen LogP contribution < -0.4 is 10.9 Å². The summed E-state index contributed by atoms with van der Waals surface area (Å²) in [7, 11) is 0. The third kappa shape index (κ3) is 4.13. The van der Waals surface area contributed by atoms with Crippen LogP contribution in [0.1, 0.15) is 17.6 Å². The average Bonchev–Trinajstić information content (AvgIpc) is 3.26. The summed E-state index contributed by atoms with van der Waals surface area (Å²) in [5.74, 6) is 0.143. The maximum absolute atomic E-state index is 12.2. The highest BCUT2D eigenvalue weighted by Crippen LogP contribution is 2.16. The van der Waals surface area contributed by atoms with E-state index in [4.69, 9.17) is 0 Å². The number of hydrogen-bond acceptors (Lipinski definition) is 4. The minimum atomic E-state index is -0.382. The molecule has 0 atom stereocenters. The molecule has 1 aromatic carbocycles. The van der Waals surface area contributed by atoms with Gasteiger partial charge in [0.15, 0.2) is 0 Å². The molecule has 6 nitrogen and oxygen atoms in total. The van der Waals surface area contributed by atoms with E-state index in [-0.39, 0.29) is 18.4 Å². The number of hydrogen-bond donors (Lipinski definition) is 2. The molecule has 0 aliphatic carbocycles. The molecule has 2 heterocycles. The molecule has 128 valence electrons. The van der Waals surface area contributed by atoms with Gasteiger partial charge < -0.3 is 4.57 Å². The van der Waals surface area contributed by atoms with Crippen LogP contribution >= 0.6 is 11.3 Å². The fraction of sp³-hybridized carbons (Fsp3) is 0.167. The van der Waals surface area contributed by atoms with E-state index >= 15 is 0 Å². The molecule has 7 heteroatoms. The monoisotopic (exact) mass is 354 g/mol. The van der Waals surface area contributed by atoms with E-state index in [1.54, 1.807) is 6.08 Å². The van der Waals surface area contributed by atoms with Crippen molar-refractivity contribution in [2.75, 3.05) is 0 Å². The number of nitrogens with zero attached hydrogens (tertiary/aromatic N) is 2. The zero-order valence-corrected chi connectivity index (χ0v) is 14.5. The van der Waals surface area contributed by atoms with Crippen LogP contribution in [0.25, 0.3) is 17.1 Å². The van der Waals surface area contributed by atoms with Gasteiger partial charge in [-0.1, -0.05) is 25.1 Å². The molecule has 0 spiro atoms. The molecule has 0 fully saturated rings. The molecule has 0 saturated carbocycles. The SMILES string of the molecule is CCc1nc2ccccc2n1CC(=O)NNC(=O)/C=C/c1cccs1. The highest BCUT2D eigenvalue weighted by Gasteiger charge is 2.12. The molecule has 0 radical (unpaired) electrons. The summed E-state index contributed by atoms with van der Waals surface area (Å²) in [6, 6.07) is 11.5. The number of carbonyl (C=O) groups is 2. The van der Waals surface area contributed by atoms with Gasteiger partial charge in [-0.05, 0) is 29.7 Å². The Morgan fingerprint density at radius 1 is 1.20 bits per heavy atom. The van der Waals surface area contributed by atoms with E-state index in [0.717, 1.165) is 28.2 Å². The lowest BCUT2D eigenvalue weighted by molar-refractivity contribution is -0.127. The second kappa shape index (κ2) is 7.76. The first kappa shape index (κ1) is 16.9. The predicted octanol–water partition coefficient (Wildman–Crippen LogP) is 2.52. The number of amides is 2. The zero-order valence-electron chi connectivity index (χ0n) is 13.7. The van der Waals surface area contributed by atoms with Gasteiger partial charge in [-0.3, -0.25) is 20.4 Å². The molecule has 3 rings (SSSR count). The van der Waals surface area contributed by atoms with Crippen molar-refractivity contribution < 1.29 is 9.59 Å². The first-order valence-corrected chi connectivity index (χ1v) is 8.80. The molecule has 25 heavy (non-hydrogen) atoms. The van der Waals surface area contributed by atoms with Crippen LogP contribution in [0.5, 0.6) is 0 Å². The molecule has 2 N–H and O–H groups in total. The Morgan fingerprint density at radius 2 is 2.04 bits per heavy atom. The van der Waals surface area contributed by atoms with E-state index < -0.39 is 0 Å². The van der Waals surface area contributed by atoms with Crippen molar-refractivity contribution in [1.82, 2.24) is 20.4 Å². The summed E-state index contributed by atoms with van der Waals surface area (Å²) in [6.07, 6.45) is 3.80. The first-order chi connectivity index (χ1) is 12.2. The van der Waals surface area contributed by atoms with Crippen molar-refractivity contribution in [2.24, 2.45) is 0 Å². The summed E-state index contributed by atoms with van der Waals surface area (Å²) < 4.78 is 1.86. The van der Waals surface area contributed by atoms with Crippen molar-refractivity contribution in [3.63, 3.8) is 0 Å². The van der Waals surface area contributed by atoms with Crippen molar-refractivity contribution in [3.8, 4) is 0 Å². The number of para-hydroxylation sites is 2. The number of fused-ring (bicyclic) bond motifs is 1. The smallest absolute Gasteiger partial charge is 0.262 e. The van der Waals surface area contributed by atoms with Crippen molar-refractivity contribution >= 4 is 40.3 Å². The van der Waals surface area contributed by atoms with Crippen LogP contribution in [0.4, 0.5) is 0 Å². The minimum Gasteiger partial charge on any atom is -0.318 e. The Balaban J connectivity index is 1.60. The lowest BCUT2D eigenvalue weighted by Crippen LogP contribution is -2.42. The standard InChI is InChI=1S/C18H18N4O2S/c1-2-16-19-14-7-3-4-8-15(14)22(16)12-18(24)21-20-17(23)10-9-13-6-5-11-25-13/h3-11H,2,12H2,1H3,(H,20,23)(H,21,24)/b10-9+. The Kier molecular flexibility index (Phi) is 5.25. The van der Waals surface area contributed by atoms with Gasteiger partial charge in [-0.15, -0.1) is 11.3 Å². The normalized spacial score (nSPS) is 11.1. The summed E-state index contributed by atoms with van der Waals surface area (Å²) in [5.41, 5.74) is 6.58. The van der Waals surface area contributed by atoms with Crippen LogP contribution in [0.15, 0.2) is 47.9 Å². The minimum absolute atomic E-state index is 0.0958. The van der Waals surface area contributed by atoms with E-state index in [9.17, 15) is 9.59 Å². The predicted molar refractivity (Wildman–Crippen MR) is 98.7 cm³/mol. The van der Waals surface area contributed by atoms with Crippen LogP contribution in [0.3, 0.4) is 0 Å². The second-order valence-electron chi connectivity index (χ2n) is 5.34. The number of aryl methyl sites for hydroxylation is 1. The second-order valence-corrected chi connectivity index (χ2v) is 6.32. The molecule has 3 aromatic rings. The topological polar surface area (TPSA) is 76.0 Å². The van der Waals surface area contributed by atoms with E-state index in [1.165, 1.54) is 17.4 Å². The fourth-order valence-electron chi connectivity index (χ4n) is 2.47. The highest BCUT2D eigenvalue weighted by molar-refractivity contribution is 7.10. The number of carbonyl (C=O) groups excluding carboxylic acids is 2. The number of nitrogens with one attached hydrogen (secondary N) is 2. The third-order valence-corrected chi connectivity index (χ3v) is 4.46. The summed E-state index contributed by atoms with van der Waals surface area (Å²) in [4.78, 5) is 29.4. The number of benzene rings is 1.